The Morgan fingerprint density at radius 2 is 1.70 bits per heavy atom. The summed E-state index contributed by atoms with van der Waals surface area (Å²) in [4.78, 5) is 0. The van der Waals surface area contributed by atoms with Crippen LogP contribution in [0.15, 0.2) is 30.6 Å². The van der Waals surface area contributed by atoms with Gasteiger partial charge in [0.25, 0.3) is 0 Å². The highest BCUT2D eigenvalue weighted by atomic mass is 32.2. The van der Waals surface area contributed by atoms with Crippen LogP contribution in [0.5, 0.6) is 0 Å². The molecule has 116 valence electrons. The summed E-state index contributed by atoms with van der Waals surface area (Å²) in [5.41, 5.74) is 0. The van der Waals surface area contributed by atoms with Gasteiger partial charge in [-0.15, -0.1) is 0 Å². The lowest BCUT2D eigenvalue weighted by Crippen LogP contribution is -2.30. The van der Waals surface area contributed by atoms with Crippen molar-refractivity contribution in [2.45, 2.75) is 39.7 Å². The zero-order chi connectivity index (χ0) is 15.3. The molecule has 0 unspecified atom stereocenters. The van der Waals surface area contributed by atoms with Gasteiger partial charge in [0, 0.05) is 31.1 Å². The van der Waals surface area contributed by atoms with Crippen molar-refractivity contribution in [1.29, 1.82) is 0 Å². The third-order valence-electron chi connectivity index (χ3n) is 2.42. The van der Waals surface area contributed by atoms with Gasteiger partial charge in [0.1, 0.15) is 6.54 Å². The Morgan fingerprint density at radius 1 is 1.05 bits per heavy atom. The highest BCUT2D eigenvalue weighted by Crippen LogP contribution is 1.94. The average molecular weight is 303 g/mol. The van der Waals surface area contributed by atoms with Crippen LogP contribution in [0.2, 0.25) is 0 Å². The molecule has 5 nitrogen and oxygen atoms in total. The predicted molar refractivity (Wildman–Crippen MR) is 77.2 cm³/mol. The number of pyridine rings is 1. The fourth-order valence-electron chi connectivity index (χ4n) is 1.37. The molecule has 1 aromatic rings. The minimum Gasteiger partial charge on any atom is -0.748 e. The monoisotopic (exact) mass is 303 g/mol. The zero-order valence-electron chi connectivity index (χ0n) is 12.3. The number of nitrogens with zero attached hydrogens (tertiary/aromatic N) is 1. The summed E-state index contributed by atoms with van der Waals surface area (Å²) in [6.45, 7) is 6.43. The summed E-state index contributed by atoms with van der Waals surface area (Å²) in [6, 6.07) is 6.08. The molecule has 6 heteroatoms. The molecule has 0 aliphatic carbocycles. The van der Waals surface area contributed by atoms with Crippen molar-refractivity contribution in [2.24, 2.45) is 0 Å². The summed E-state index contributed by atoms with van der Waals surface area (Å²) < 4.78 is 37.6. The highest BCUT2D eigenvalue weighted by molar-refractivity contribution is 7.85. The minimum absolute atomic E-state index is 0.275. The standard InChI is InChI=1S/C7H10N.C7H16O4S/c1-2-8-6-4-3-5-7-8;1-2-5-11-6-3-4-7-12(8,9)10/h3-7H,2H2,1H3;2-7H2,1H3,(H,8,9,10)/q+1;/p-1. The Bertz CT molecular complexity index is 420. The van der Waals surface area contributed by atoms with E-state index in [1.807, 2.05) is 25.1 Å². The fourth-order valence-corrected chi connectivity index (χ4v) is 1.93. The molecule has 0 N–H and O–H groups in total. The van der Waals surface area contributed by atoms with E-state index in [1.54, 1.807) is 0 Å². The van der Waals surface area contributed by atoms with Crippen LogP contribution in [0.25, 0.3) is 0 Å². The van der Waals surface area contributed by atoms with Gasteiger partial charge in [-0.2, -0.15) is 0 Å². The predicted octanol–water partition coefficient (Wildman–Crippen LogP) is 1.73. The van der Waals surface area contributed by atoms with Crippen molar-refractivity contribution >= 4 is 10.1 Å². The second-order valence-electron chi connectivity index (χ2n) is 4.29. The molecule has 0 spiro atoms. The van der Waals surface area contributed by atoms with Crippen LogP contribution in [0.1, 0.15) is 33.1 Å². The largest absolute Gasteiger partial charge is 0.748 e. The van der Waals surface area contributed by atoms with Gasteiger partial charge in [-0.1, -0.05) is 13.0 Å². The molecule has 1 heterocycles. The molecular weight excluding hydrogens is 278 g/mol. The van der Waals surface area contributed by atoms with E-state index in [2.05, 4.69) is 23.9 Å². The Labute approximate surface area is 122 Å². The third kappa shape index (κ3) is 13.5. The topological polar surface area (TPSA) is 70.3 Å². The number of hydrogen-bond donors (Lipinski definition) is 0. The molecule has 1 rings (SSSR count). The van der Waals surface area contributed by atoms with Gasteiger partial charge in [0.15, 0.2) is 12.4 Å². The molecule has 0 aliphatic heterocycles. The first kappa shape index (κ1) is 19.0. The second-order valence-corrected chi connectivity index (χ2v) is 5.81. The maximum atomic E-state index is 10.1. The molecule has 0 bridgehead atoms. The van der Waals surface area contributed by atoms with E-state index in [-0.39, 0.29) is 5.75 Å². The summed E-state index contributed by atoms with van der Waals surface area (Å²) in [7, 11) is -4.02. The molecule has 0 atom stereocenters. The number of unbranched alkanes of at least 4 members (excludes halogenated alkanes) is 1. The molecule has 0 amide bonds. The van der Waals surface area contributed by atoms with Crippen LogP contribution in [-0.4, -0.2) is 31.9 Å². The maximum Gasteiger partial charge on any atom is 0.168 e. The van der Waals surface area contributed by atoms with Gasteiger partial charge in [-0.3, -0.25) is 0 Å². The van der Waals surface area contributed by atoms with Gasteiger partial charge in [0.2, 0.25) is 0 Å². The number of rotatable bonds is 8. The Hall–Kier alpha value is -0.980. The normalized spacial score (nSPS) is 10.8. The summed E-state index contributed by atoms with van der Waals surface area (Å²) in [6.07, 6.45) is 6.11. The highest BCUT2D eigenvalue weighted by Gasteiger charge is 1.94. The van der Waals surface area contributed by atoms with Crippen molar-refractivity contribution < 1.29 is 22.3 Å². The van der Waals surface area contributed by atoms with Crippen LogP contribution < -0.4 is 4.57 Å². The molecule has 0 radical (unpaired) electrons. The first-order valence-corrected chi connectivity index (χ1v) is 8.52. The van der Waals surface area contributed by atoms with E-state index in [0.29, 0.717) is 26.1 Å². The van der Waals surface area contributed by atoms with Gasteiger partial charge in [-0.25, -0.2) is 13.0 Å². The van der Waals surface area contributed by atoms with E-state index in [9.17, 15) is 13.0 Å². The van der Waals surface area contributed by atoms with Crippen molar-refractivity contribution in [3.8, 4) is 0 Å². The number of aromatic nitrogens is 1. The van der Waals surface area contributed by atoms with Crippen LogP contribution in [0.4, 0.5) is 0 Å². The quantitative estimate of drug-likeness (QED) is 0.416. The minimum atomic E-state index is -4.02. The van der Waals surface area contributed by atoms with Crippen molar-refractivity contribution in [3.05, 3.63) is 30.6 Å². The molecule has 20 heavy (non-hydrogen) atoms. The van der Waals surface area contributed by atoms with Crippen LogP contribution in [0.3, 0.4) is 0 Å². The Morgan fingerprint density at radius 3 is 2.15 bits per heavy atom. The van der Waals surface area contributed by atoms with Crippen molar-refractivity contribution in [3.63, 3.8) is 0 Å². The lowest BCUT2D eigenvalue weighted by molar-refractivity contribution is -0.693. The summed E-state index contributed by atoms with van der Waals surface area (Å²) in [5.74, 6) is -0.275. The molecule has 0 aromatic carbocycles. The fraction of sp³-hybridized carbons (Fsp3) is 0.643. The van der Waals surface area contributed by atoms with E-state index < -0.39 is 10.1 Å². The van der Waals surface area contributed by atoms with E-state index >= 15 is 0 Å². The van der Waals surface area contributed by atoms with Crippen molar-refractivity contribution in [2.75, 3.05) is 19.0 Å². The Balaban J connectivity index is 0.000000388. The molecule has 0 saturated heterocycles. The van der Waals surface area contributed by atoms with Gasteiger partial charge < -0.3 is 9.29 Å². The Kier molecular flexibility index (Phi) is 11.2. The molecule has 0 aliphatic rings. The number of ether oxygens (including phenoxy) is 1. The van der Waals surface area contributed by atoms with E-state index in [1.165, 1.54) is 0 Å². The molecule has 1 aromatic heterocycles. The molecule has 0 fully saturated rings. The van der Waals surface area contributed by atoms with Gasteiger partial charge >= 0.3 is 0 Å². The smallest absolute Gasteiger partial charge is 0.168 e. The first-order valence-electron chi connectivity index (χ1n) is 6.95. The lowest BCUT2D eigenvalue weighted by Gasteiger charge is -2.06. The van der Waals surface area contributed by atoms with E-state index in [0.717, 1.165) is 13.0 Å². The molecule has 0 saturated carbocycles. The van der Waals surface area contributed by atoms with Crippen molar-refractivity contribution in [1.82, 2.24) is 0 Å². The van der Waals surface area contributed by atoms with Crippen LogP contribution >= 0.6 is 0 Å². The number of hydrogen-bond acceptors (Lipinski definition) is 4. The number of aryl methyl sites for hydroxylation is 1. The molecular formula is C14H25NO4S. The maximum absolute atomic E-state index is 10.1. The van der Waals surface area contributed by atoms with Gasteiger partial charge in [-0.05, 0) is 26.2 Å². The van der Waals surface area contributed by atoms with Crippen LogP contribution in [-0.2, 0) is 21.4 Å². The van der Waals surface area contributed by atoms with Gasteiger partial charge in [0.05, 0.1) is 10.1 Å². The lowest BCUT2D eigenvalue weighted by atomic mass is 10.4. The average Bonchev–Trinajstić information content (AvgIpc) is 2.43. The SMILES string of the molecule is CCCOCCCCS(=O)(=O)[O-].CC[n+]1ccccc1. The summed E-state index contributed by atoms with van der Waals surface area (Å²) in [5, 5.41) is 0. The third-order valence-corrected chi connectivity index (χ3v) is 3.21. The zero-order valence-corrected chi connectivity index (χ0v) is 13.1. The summed E-state index contributed by atoms with van der Waals surface area (Å²) >= 11 is 0. The van der Waals surface area contributed by atoms with E-state index in [4.69, 9.17) is 4.74 Å². The first-order chi connectivity index (χ1) is 9.49. The van der Waals surface area contributed by atoms with Crippen LogP contribution in [0, 0.1) is 0 Å². The second kappa shape index (κ2) is 11.8.